The number of nitrogens with two attached hydrogens (primary N) is 1. The Kier molecular flexibility index (Phi) is 3.64. The second-order valence-corrected chi connectivity index (χ2v) is 8.32. The van der Waals surface area contributed by atoms with Crippen LogP contribution in [0.2, 0.25) is 0 Å². The van der Waals surface area contributed by atoms with Crippen LogP contribution in [0.5, 0.6) is 0 Å². The standard InChI is InChI=1S/C28H23N/c29-27-10-4-7-19-6-3-9-24(28(19)27)21-12-14-23-20(17-21)13-16-25-22-8-2-1-5-18(22)11-15-26(23)25/h1-11,13,15-16,21H,12,14,17,29H2. The van der Waals surface area contributed by atoms with E-state index >= 15 is 0 Å². The summed E-state index contributed by atoms with van der Waals surface area (Å²) in [5.41, 5.74) is 11.7. The van der Waals surface area contributed by atoms with Crippen LogP contribution in [-0.2, 0) is 12.8 Å². The van der Waals surface area contributed by atoms with E-state index in [4.69, 9.17) is 5.73 Å². The third kappa shape index (κ3) is 2.54. The smallest absolute Gasteiger partial charge is 0.0396 e. The molecule has 1 nitrogen and oxygen atoms in total. The maximum atomic E-state index is 6.39. The Morgan fingerprint density at radius 1 is 0.655 bits per heavy atom. The average molecular weight is 373 g/mol. The fraction of sp³-hybridized carbons (Fsp3) is 0.143. The summed E-state index contributed by atoms with van der Waals surface area (Å²) >= 11 is 0. The number of anilines is 1. The highest BCUT2D eigenvalue weighted by molar-refractivity contribution is 6.08. The van der Waals surface area contributed by atoms with Gasteiger partial charge in [0.25, 0.3) is 0 Å². The van der Waals surface area contributed by atoms with Gasteiger partial charge in [0.05, 0.1) is 0 Å². The molecule has 140 valence electrons. The lowest BCUT2D eigenvalue weighted by Gasteiger charge is -2.27. The molecule has 6 rings (SSSR count). The van der Waals surface area contributed by atoms with Gasteiger partial charge in [0, 0.05) is 11.1 Å². The van der Waals surface area contributed by atoms with E-state index in [0.717, 1.165) is 18.5 Å². The van der Waals surface area contributed by atoms with Crippen molar-refractivity contribution in [2.24, 2.45) is 0 Å². The van der Waals surface area contributed by atoms with Crippen molar-refractivity contribution in [3.8, 4) is 0 Å². The van der Waals surface area contributed by atoms with Crippen LogP contribution in [-0.4, -0.2) is 0 Å². The second kappa shape index (κ2) is 6.35. The van der Waals surface area contributed by atoms with Gasteiger partial charge >= 0.3 is 0 Å². The van der Waals surface area contributed by atoms with Crippen molar-refractivity contribution in [3.63, 3.8) is 0 Å². The molecule has 1 aliphatic carbocycles. The Labute approximate surface area is 170 Å². The minimum atomic E-state index is 0.522. The highest BCUT2D eigenvalue weighted by Gasteiger charge is 2.23. The summed E-state index contributed by atoms with van der Waals surface area (Å²) in [6.07, 6.45) is 3.39. The summed E-state index contributed by atoms with van der Waals surface area (Å²) < 4.78 is 0. The van der Waals surface area contributed by atoms with Crippen LogP contribution < -0.4 is 5.73 Å². The summed E-state index contributed by atoms with van der Waals surface area (Å²) in [5.74, 6) is 0.522. The van der Waals surface area contributed by atoms with Gasteiger partial charge in [-0.25, -0.2) is 0 Å². The number of hydrogen-bond acceptors (Lipinski definition) is 1. The van der Waals surface area contributed by atoms with Crippen LogP contribution in [0.4, 0.5) is 5.69 Å². The lowest BCUT2D eigenvalue weighted by Crippen LogP contribution is -2.14. The molecule has 0 aromatic heterocycles. The summed E-state index contributed by atoms with van der Waals surface area (Å²) in [6.45, 7) is 0. The Morgan fingerprint density at radius 2 is 1.45 bits per heavy atom. The van der Waals surface area contributed by atoms with Crippen molar-refractivity contribution in [3.05, 3.63) is 102 Å². The Balaban J connectivity index is 1.48. The molecule has 0 spiro atoms. The highest BCUT2D eigenvalue weighted by Crippen LogP contribution is 2.40. The predicted molar refractivity (Wildman–Crippen MR) is 125 cm³/mol. The molecule has 0 fully saturated rings. The van der Waals surface area contributed by atoms with E-state index in [1.165, 1.54) is 55.4 Å². The monoisotopic (exact) mass is 373 g/mol. The van der Waals surface area contributed by atoms with Crippen LogP contribution in [0.25, 0.3) is 32.3 Å². The molecule has 0 radical (unpaired) electrons. The van der Waals surface area contributed by atoms with Crippen molar-refractivity contribution < 1.29 is 0 Å². The second-order valence-electron chi connectivity index (χ2n) is 8.32. The van der Waals surface area contributed by atoms with E-state index in [1.807, 2.05) is 12.1 Å². The Morgan fingerprint density at radius 3 is 2.38 bits per heavy atom. The molecular formula is C28H23N. The first kappa shape index (κ1) is 16.6. The molecular weight excluding hydrogens is 350 g/mol. The van der Waals surface area contributed by atoms with Gasteiger partial charge in [-0.05, 0) is 74.9 Å². The molecule has 29 heavy (non-hydrogen) atoms. The van der Waals surface area contributed by atoms with E-state index in [0.29, 0.717) is 5.92 Å². The third-order valence-corrected chi connectivity index (χ3v) is 6.75. The molecule has 0 saturated heterocycles. The van der Waals surface area contributed by atoms with E-state index in [-0.39, 0.29) is 0 Å². The van der Waals surface area contributed by atoms with Gasteiger partial charge in [-0.3, -0.25) is 0 Å². The average Bonchev–Trinajstić information content (AvgIpc) is 2.78. The molecule has 0 aliphatic heterocycles. The van der Waals surface area contributed by atoms with Crippen molar-refractivity contribution in [1.29, 1.82) is 0 Å². The first-order valence-corrected chi connectivity index (χ1v) is 10.5. The summed E-state index contributed by atoms with van der Waals surface area (Å²) in [6, 6.07) is 30.9. The topological polar surface area (TPSA) is 26.0 Å². The Bertz CT molecular complexity index is 1390. The van der Waals surface area contributed by atoms with Gasteiger partial charge in [0.1, 0.15) is 0 Å². The van der Waals surface area contributed by atoms with Crippen LogP contribution >= 0.6 is 0 Å². The van der Waals surface area contributed by atoms with Gasteiger partial charge in [-0.1, -0.05) is 78.9 Å². The molecule has 1 unspecified atom stereocenters. The zero-order valence-electron chi connectivity index (χ0n) is 16.4. The molecule has 1 aliphatic rings. The number of rotatable bonds is 1. The van der Waals surface area contributed by atoms with Crippen molar-refractivity contribution in [2.45, 2.75) is 25.2 Å². The first-order chi connectivity index (χ1) is 14.3. The van der Waals surface area contributed by atoms with Crippen molar-refractivity contribution >= 4 is 38.0 Å². The molecule has 0 bridgehead atoms. The van der Waals surface area contributed by atoms with E-state index < -0.39 is 0 Å². The Hall–Kier alpha value is -3.32. The zero-order valence-corrected chi connectivity index (χ0v) is 16.4. The van der Waals surface area contributed by atoms with E-state index in [2.05, 4.69) is 72.8 Å². The van der Waals surface area contributed by atoms with E-state index in [1.54, 1.807) is 0 Å². The lowest BCUT2D eigenvalue weighted by atomic mass is 9.77. The highest BCUT2D eigenvalue weighted by atomic mass is 14.6. The minimum absolute atomic E-state index is 0.522. The largest absolute Gasteiger partial charge is 0.398 e. The van der Waals surface area contributed by atoms with Gasteiger partial charge in [0.15, 0.2) is 0 Å². The zero-order chi connectivity index (χ0) is 19.4. The lowest BCUT2D eigenvalue weighted by molar-refractivity contribution is 0.591. The molecule has 0 saturated carbocycles. The summed E-state index contributed by atoms with van der Waals surface area (Å²) in [4.78, 5) is 0. The molecule has 1 heteroatoms. The predicted octanol–water partition coefficient (Wildman–Crippen LogP) is 7.00. The molecule has 5 aromatic rings. The van der Waals surface area contributed by atoms with Gasteiger partial charge < -0.3 is 5.73 Å². The summed E-state index contributed by atoms with van der Waals surface area (Å²) in [5, 5.41) is 7.98. The third-order valence-electron chi connectivity index (χ3n) is 6.75. The SMILES string of the molecule is Nc1cccc2cccc(C3CCc4c(ccc5c4ccc4ccccc45)C3)c12. The fourth-order valence-electron chi connectivity index (χ4n) is 5.37. The fourth-order valence-corrected chi connectivity index (χ4v) is 5.37. The maximum Gasteiger partial charge on any atom is 0.0396 e. The molecule has 0 amide bonds. The minimum Gasteiger partial charge on any atom is -0.398 e. The number of hydrogen-bond donors (Lipinski definition) is 1. The van der Waals surface area contributed by atoms with Crippen LogP contribution in [0.15, 0.2) is 84.9 Å². The quantitative estimate of drug-likeness (QED) is 0.248. The van der Waals surface area contributed by atoms with Crippen molar-refractivity contribution in [2.75, 3.05) is 5.73 Å². The van der Waals surface area contributed by atoms with Crippen LogP contribution in [0, 0.1) is 0 Å². The van der Waals surface area contributed by atoms with Crippen LogP contribution in [0.1, 0.15) is 29.0 Å². The number of benzene rings is 5. The van der Waals surface area contributed by atoms with Gasteiger partial charge in [-0.15, -0.1) is 0 Å². The normalized spacial score (nSPS) is 16.3. The summed E-state index contributed by atoms with van der Waals surface area (Å²) in [7, 11) is 0. The molecule has 0 heterocycles. The number of fused-ring (bicyclic) bond motifs is 6. The van der Waals surface area contributed by atoms with E-state index in [9.17, 15) is 0 Å². The molecule has 1 atom stereocenters. The number of nitrogen functional groups attached to an aromatic ring is 1. The maximum absolute atomic E-state index is 6.39. The first-order valence-electron chi connectivity index (χ1n) is 10.5. The number of aryl methyl sites for hydroxylation is 1. The van der Waals surface area contributed by atoms with Gasteiger partial charge in [-0.2, -0.15) is 0 Å². The van der Waals surface area contributed by atoms with Gasteiger partial charge in [0.2, 0.25) is 0 Å². The molecule has 5 aromatic carbocycles. The van der Waals surface area contributed by atoms with Crippen molar-refractivity contribution in [1.82, 2.24) is 0 Å². The molecule has 2 N–H and O–H groups in total. The van der Waals surface area contributed by atoms with Crippen LogP contribution in [0.3, 0.4) is 0 Å².